The summed E-state index contributed by atoms with van der Waals surface area (Å²) in [6.07, 6.45) is 81.5. The molecular weight excluding hydrogens is 877 g/mol. The highest BCUT2D eigenvalue weighted by Gasteiger charge is 2.19. The van der Waals surface area contributed by atoms with E-state index in [4.69, 9.17) is 14.2 Å². The first-order chi connectivity index (χ1) is 35.0. The van der Waals surface area contributed by atoms with Gasteiger partial charge in [0, 0.05) is 19.3 Å². The highest BCUT2D eigenvalue weighted by Crippen LogP contribution is 2.13. The number of carbonyl (C=O) groups is 3. The number of esters is 3. The molecule has 0 fully saturated rings. The van der Waals surface area contributed by atoms with Gasteiger partial charge in [-0.25, -0.2) is 0 Å². The van der Waals surface area contributed by atoms with E-state index < -0.39 is 6.10 Å². The summed E-state index contributed by atoms with van der Waals surface area (Å²) in [6, 6.07) is 0. The Kier molecular flexibility index (Phi) is 54.5. The standard InChI is InChI=1S/C65H104O6/c1-4-7-10-13-16-19-22-25-27-29-31-32-34-35-37-40-43-46-49-52-55-58-64(67)70-61-62(60-69-63(66)57-54-51-48-45-42-39-24-21-18-15-12-9-6-3)71-65(68)59-56-53-50-47-44-41-38-36-33-30-28-26-23-20-17-14-11-8-5-2/h7-8,10-11,16-17,19-21,24-28,31-33,35-37,43,46,62H,4-6,9,12-15,18,22-23,29-30,34,38-42,44-45,47-61H2,1-3H3/b10-7-,11-8-,19-16-,20-17-,24-21-,27-25-,28-26-,32-31-,36-33-,37-35-,46-43-. The van der Waals surface area contributed by atoms with E-state index in [1.54, 1.807) is 0 Å². The Morgan fingerprint density at radius 3 is 0.901 bits per heavy atom. The zero-order valence-electron chi connectivity index (χ0n) is 45.7. The van der Waals surface area contributed by atoms with E-state index in [2.05, 4.69) is 154 Å². The van der Waals surface area contributed by atoms with Crippen molar-refractivity contribution < 1.29 is 28.6 Å². The predicted molar refractivity (Wildman–Crippen MR) is 306 cm³/mol. The van der Waals surface area contributed by atoms with Crippen LogP contribution in [0.3, 0.4) is 0 Å². The summed E-state index contributed by atoms with van der Waals surface area (Å²) in [5.74, 6) is -0.978. The molecule has 71 heavy (non-hydrogen) atoms. The van der Waals surface area contributed by atoms with Crippen LogP contribution in [0.5, 0.6) is 0 Å². The van der Waals surface area contributed by atoms with E-state index in [9.17, 15) is 14.4 Å². The number of allylic oxidation sites excluding steroid dienone is 22. The molecule has 0 aliphatic carbocycles. The maximum atomic E-state index is 12.9. The highest BCUT2D eigenvalue weighted by molar-refractivity contribution is 5.71. The second-order valence-electron chi connectivity index (χ2n) is 18.4. The summed E-state index contributed by atoms with van der Waals surface area (Å²) in [6.45, 7) is 6.33. The van der Waals surface area contributed by atoms with Crippen LogP contribution in [-0.4, -0.2) is 37.2 Å². The molecule has 0 saturated carbocycles. The fourth-order valence-corrected chi connectivity index (χ4v) is 7.37. The molecule has 0 aromatic carbocycles. The summed E-state index contributed by atoms with van der Waals surface area (Å²) in [5, 5.41) is 0. The molecule has 0 amide bonds. The van der Waals surface area contributed by atoms with Crippen LogP contribution >= 0.6 is 0 Å². The Hall–Kier alpha value is -4.45. The minimum absolute atomic E-state index is 0.107. The summed E-state index contributed by atoms with van der Waals surface area (Å²) >= 11 is 0. The van der Waals surface area contributed by atoms with Crippen LogP contribution in [0.4, 0.5) is 0 Å². The van der Waals surface area contributed by atoms with Crippen molar-refractivity contribution in [2.45, 2.75) is 245 Å². The van der Waals surface area contributed by atoms with E-state index in [-0.39, 0.29) is 31.1 Å². The van der Waals surface area contributed by atoms with E-state index in [0.717, 1.165) is 141 Å². The van der Waals surface area contributed by atoms with Gasteiger partial charge in [0.25, 0.3) is 0 Å². The summed E-state index contributed by atoms with van der Waals surface area (Å²) in [5.41, 5.74) is 0. The molecule has 0 aliphatic heterocycles. The van der Waals surface area contributed by atoms with Crippen LogP contribution in [-0.2, 0) is 28.6 Å². The average molecular weight is 982 g/mol. The zero-order chi connectivity index (χ0) is 51.4. The quantitative estimate of drug-likeness (QED) is 0.0262. The largest absolute Gasteiger partial charge is 0.462 e. The summed E-state index contributed by atoms with van der Waals surface area (Å²) in [4.78, 5) is 38.2. The van der Waals surface area contributed by atoms with Crippen molar-refractivity contribution in [2.24, 2.45) is 0 Å². The van der Waals surface area contributed by atoms with Gasteiger partial charge in [0.2, 0.25) is 0 Å². The van der Waals surface area contributed by atoms with Crippen molar-refractivity contribution >= 4 is 17.9 Å². The topological polar surface area (TPSA) is 78.9 Å². The number of carbonyl (C=O) groups excluding carboxylic acids is 3. The SMILES string of the molecule is CC/C=C\C/C=C\C/C=C\C/C=C\C/C=C\C/C=C\CCCCC(=O)OCC(COC(=O)CCCCCCC/C=C\CCCCCC)OC(=O)CCCCCCCC/C=C\C/C=C\C/C=C\C/C=C\CC. The van der Waals surface area contributed by atoms with Gasteiger partial charge in [-0.15, -0.1) is 0 Å². The van der Waals surface area contributed by atoms with Crippen LogP contribution in [0.15, 0.2) is 134 Å². The number of hydrogen-bond acceptors (Lipinski definition) is 6. The van der Waals surface area contributed by atoms with Gasteiger partial charge >= 0.3 is 17.9 Å². The molecule has 0 radical (unpaired) electrons. The molecule has 6 heteroatoms. The third-order valence-corrected chi connectivity index (χ3v) is 11.6. The molecule has 0 spiro atoms. The van der Waals surface area contributed by atoms with Crippen LogP contribution < -0.4 is 0 Å². The molecule has 0 aliphatic rings. The molecule has 0 N–H and O–H groups in total. The smallest absolute Gasteiger partial charge is 0.306 e. The van der Waals surface area contributed by atoms with Gasteiger partial charge in [-0.2, -0.15) is 0 Å². The van der Waals surface area contributed by atoms with E-state index in [1.807, 2.05) is 0 Å². The molecule has 0 rings (SSSR count). The zero-order valence-corrected chi connectivity index (χ0v) is 45.7. The molecule has 400 valence electrons. The fourth-order valence-electron chi connectivity index (χ4n) is 7.37. The van der Waals surface area contributed by atoms with Crippen LogP contribution in [0.25, 0.3) is 0 Å². The van der Waals surface area contributed by atoms with Gasteiger partial charge in [0.05, 0.1) is 0 Å². The van der Waals surface area contributed by atoms with Gasteiger partial charge in [-0.1, -0.05) is 219 Å². The molecule has 6 nitrogen and oxygen atoms in total. The van der Waals surface area contributed by atoms with Crippen molar-refractivity contribution in [3.8, 4) is 0 Å². The van der Waals surface area contributed by atoms with Crippen molar-refractivity contribution in [1.29, 1.82) is 0 Å². The highest BCUT2D eigenvalue weighted by atomic mass is 16.6. The number of ether oxygens (including phenoxy) is 3. The summed E-state index contributed by atoms with van der Waals surface area (Å²) in [7, 11) is 0. The number of rotatable bonds is 50. The van der Waals surface area contributed by atoms with Crippen LogP contribution in [0.1, 0.15) is 239 Å². The Morgan fingerprint density at radius 1 is 0.296 bits per heavy atom. The monoisotopic (exact) mass is 981 g/mol. The number of hydrogen-bond donors (Lipinski definition) is 0. The average Bonchev–Trinajstić information content (AvgIpc) is 3.37. The molecule has 0 heterocycles. The minimum atomic E-state index is -0.813. The third kappa shape index (κ3) is 56.3. The van der Waals surface area contributed by atoms with Gasteiger partial charge in [-0.05, 0) is 135 Å². The Morgan fingerprint density at radius 2 is 0.549 bits per heavy atom. The fraction of sp³-hybridized carbons (Fsp3) is 0.615. The lowest BCUT2D eigenvalue weighted by Gasteiger charge is -2.18. The molecule has 0 saturated heterocycles. The Balaban J connectivity index is 4.51. The van der Waals surface area contributed by atoms with Gasteiger partial charge in [0.15, 0.2) is 6.10 Å². The second kappa shape index (κ2) is 58.1. The van der Waals surface area contributed by atoms with Crippen LogP contribution in [0, 0.1) is 0 Å². The lowest BCUT2D eigenvalue weighted by atomic mass is 10.1. The molecule has 0 aromatic heterocycles. The second-order valence-corrected chi connectivity index (χ2v) is 18.4. The third-order valence-electron chi connectivity index (χ3n) is 11.6. The molecule has 0 aromatic rings. The van der Waals surface area contributed by atoms with Gasteiger partial charge in [-0.3, -0.25) is 14.4 Å². The van der Waals surface area contributed by atoms with Crippen molar-refractivity contribution in [3.63, 3.8) is 0 Å². The molecule has 1 atom stereocenters. The van der Waals surface area contributed by atoms with E-state index in [0.29, 0.717) is 25.7 Å². The first-order valence-electron chi connectivity index (χ1n) is 28.7. The van der Waals surface area contributed by atoms with Crippen molar-refractivity contribution in [2.75, 3.05) is 13.2 Å². The normalized spacial score (nSPS) is 13.1. The first kappa shape index (κ1) is 66.6. The van der Waals surface area contributed by atoms with E-state index in [1.165, 1.54) is 51.4 Å². The lowest BCUT2D eigenvalue weighted by Crippen LogP contribution is -2.30. The van der Waals surface area contributed by atoms with E-state index >= 15 is 0 Å². The van der Waals surface area contributed by atoms with Crippen molar-refractivity contribution in [3.05, 3.63) is 134 Å². The van der Waals surface area contributed by atoms with Gasteiger partial charge in [0.1, 0.15) is 13.2 Å². The maximum absolute atomic E-state index is 12.9. The Bertz CT molecular complexity index is 1550. The lowest BCUT2D eigenvalue weighted by molar-refractivity contribution is -0.167. The summed E-state index contributed by atoms with van der Waals surface area (Å²) < 4.78 is 16.8. The molecule has 1 unspecified atom stereocenters. The maximum Gasteiger partial charge on any atom is 0.306 e. The van der Waals surface area contributed by atoms with Gasteiger partial charge < -0.3 is 14.2 Å². The minimum Gasteiger partial charge on any atom is -0.462 e. The predicted octanol–water partition coefficient (Wildman–Crippen LogP) is 19.4. The number of unbranched alkanes of at least 4 members (excludes halogenated alkanes) is 17. The first-order valence-corrected chi connectivity index (χ1v) is 28.7. The van der Waals surface area contributed by atoms with Crippen LogP contribution in [0.2, 0.25) is 0 Å². The van der Waals surface area contributed by atoms with Crippen molar-refractivity contribution in [1.82, 2.24) is 0 Å². The molecule has 0 bridgehead atoms. The Labute approximate surface area is 436 Å². The molecular formula is C65H104O6.